The van der Waals surface area contributed by atoms with Gasteiger partial charge in [-0.1, -0.05) is 12.1 Å². The van der Waals surface area contributed by atoms with Crippen LogP contribution in [0.2, 0.25) is 0 Å². The van der Waals surface area contributed by atoms with Crippen LogP contribution >= 0.6 is 23.6 Å². The first-order valence-electron chi connectivity index (χ1n) is 5.73. The summed E-state index contributed by atoms with van der Waals surface area (Å²) in [5.41, 5.74) is 1.24. The molecular weight excluding hydrogens is 252 g/mol. The molecule has 0 bridgehead atoms. The van der Waals surface area contributed by atoms with Crippen LogP contribution in [0.5, 0.6) is 0 Å². The van der Waals surface area contributed by atoms with Gasteiger partial charge < -0.3 is 9.30 Å². The van der Waals surface area contributed by atoms with Crippen LogP contribution in [0.3, 0.4) is 0 Å². The second-order valence-electron chi connectivity index (χ2n) is 4.14. The smallest absolute Gasteiger partial charge is 0.163 e. The molecule has 0 N–H and O–H groups in total. The molecule has 1 aliphatic rings. The number of aromatic nitrogens is 1. The van der Waals surface area contributed by atoms with Crippen molar-refractivity contribution in [3.05, 3.63) is 28.2 Å². The Morgan fingerprint density at radius 3 is 2.82 bits per heavy atom. The number of thiazole rings is 1. The number of rotatable bonds is 2. The summed E-state index contributed by atoms with van der Waals surface area (Å²) in [5.74, 6) is 0. The van der Waals surface area contributed by atoms with Crippen molar-refractivity contribution >= 4 is 33.8 Å². The summed E-state index contributed by atoms with van der Waals surface area (Å²) in [5, 5.41) is 0. The van der Waals surface area contributed by atoms with E-state index in [0.717, 1.165) is 36.9 Å². The summed E-state index contributed by atoms with van der Waals surface area (Å²) in [6.45, 7) is 4.52. The minimum Gasteiger partial charge on any atom is -0.379 e. The first-order valence-corrected chi connectivity index (χ1v) is 6.95. The molecule has 1 saturated heterocycles. The van der Waals surface area contributed by atoms with Crippen LogP contribution in [0.25, 0.3) is 10.2 Å². The Hall–Kier alpha value is -0.750. The third-order valence-electron chi connectivity index (χ3n) is 3.02. The lowest BCUT2D eigenvalue weighted by Crippen LogP contribution is -2.37. The monoisotopic (exact) mass is 266 g/mol. The van der Waals surface area contributed by atoms with Gasteiger partial charge in [-0.3, -0.25) is 4.90 Å². The first-order chi connectivity index (χ1) is 8.34. The number of nitrogens with zero attached hydrogens (tertiary/aromatic N) is 2. The maximum absolute atomic E-state index is 5.44. The van der Waals surface area contributed by atoms with Gasteiger partial charge in [-0.2, -0.15) is 0 Å². The highest BCUT2D eigenvalue weighted by molar-refractivity contribution is 7.73. The largest absolute Gasteiger partial charge is 0.379 e. The number of para-hydroxylation sites is 1. The molecule has 1 aromatic carbocycles. The molecular formula is C12H14N2OS2. The molecule has 17 heavy (non-hydrogen) atoms. The number of hydrogen-bond acceptors (Lipinski definition) is 4. The van der Waals surface area contributed by atoms with Crippen molar-refractivity contribution in [2.24, 2.45) is 0 Å². The Labute approximate surface area is 109 Å². The maximum atomic E-state index is 5.44. The van der Waals surface area contributed by atoms with Crippen LogP contribution in [-0.2, 0) is 11.4 Å². The topological polar surface area (TPSA) is 17.4 Å². The third kappa shape index (κ3) is 2.28. The molecule has 0 unspecified atom stereocenters. The summed E-state index contributed by atoms with van der Waals surface area (Å²) < 4.78 is 9.81. The average molecular weight is 266 g/mol. The van der Waals surface area contributed by atoms with E-state index >= 15 is 0 Å². The lowest BCUT2D eigenvalue weighted by molar-refractivity contribution is 0.0241. The number of fused-ring (bicyclic) bond motifs is 1. The molecule has 90 valence electrons. The SMILES string of the molecule is S=c1sc2ccccc2n1CN1CCOCC1. The zero-order valence-electron chi connectivity index (χ0n) is 9.46. The quantitative estimate of drug-likeness (QED) is 0.778. The number of ether oxygens (including phenoxy) is 1. The van der Waals surface area contributed by atoms with Crippen molar-refractivity contribution in [1.29, 1.82) is 0 Å². The highest BCUT2D eigenvalue weighted by Gasteiger charge is 2.12. The van der Waals surface area contributed by atoms with Crippen molar-refractivity contribution < 1.29 is 4.74 Å². The van der Waals surface area contributed by atoms with E-state index in [1.54, 1.807) is 11.3 Å². The molecule has 0 amide bonds. The van der Waals surface area contributed by atoms with Crippen LogP contribution in [0.15, 0.2) is 24.3 Å². The van der Waals surface area contributed by atoms with Crippen LogP contribution in [0.1, 0.15) is 0 Å². The third-order valence-corrected chi connectivity index (χ3v) is 4.45. The number of morpholine rings is 1. The van der Waals surface area contributed by atoms with E-state index in [4.69, 9.17) is 17.0 Å². The molecule has 1 aliphatic heterocycles. The summed E-state index contributed by atoms with van der Waals surface area (Å²) in [4.78, 5) is 2.39. The molecule has 1 aromatic heterocycles. The van der Waals surface area contributed by atoms with Crippen molar-refractivity contribution in [3.8, 4) is 0 Å². The Bertz CT molecular complexity index is 569. The fraction of sp³-hybridized carbons (Fsp3) is 0.417. The number of hydrogen-bond donors (Lipinski definition) is 0. The Balaban J connectivity index is 1.93. The molecule has 0 aliphatic carbocycles. The van der Waals surface area contributed by atoms with Crippen molar-refractivity contribution in [1.82, 2.24) is 9.47 Å². The molecule has 0 atom stereocenters. The zero-order valence-corrected chi connectivity index (χ0v) is 11.1. The average Bonchev–Trinajstić information content (AvgIpc) is 2.68. The fourth-order valence-corrected chi connectivity index (χ4v) is 3.40. The number of benzene rings is 1. The molecule has 3 rings (SSSR count). The van der Waals surface area contributed by atoms with E-state index in [0.29, 0.717) is 0 Å². The van der Waals surface area contributed by atoms with Gasteiger partial charge in [0.15, 0.2) is 3.95 Å². The maximum Gasteiger partial charge on any atom is 0.163 e. The van der Waals surface area contributed by atoms with Gasteiger partial charge >= 0.3 is 0 Å². The van der Waals surface area contributed by atoms with E-state index in [1.165, 1.54) is 10.2 Å². The van der Waals surface area contributed by atoms with E-state index in [-0.39, 0.29) is 0 Å². The Kier molecular flexibility index (Phi) is 3.24. The van der Waals surface area contributed by atoms with Gasteiger partial charge in [0.25, 0.3) is 0 Å². The highest BCUT2D eigenvalue weighted by atomic mass is 32.1. The Morgan fingerprint density at radius 2 is 2.00 bits per heavy atom. The molecule has 2 heterocycles. The summed E-state index contributed by atoms with van der Waals surface area (Å²) in [7, 11) is 0. The fourth-order valence-electron chi connectivity index (χ4n) is 2.09. The van der Waals surface area contributed by atoms with E-state index < -0.39 is 0 Å². The lowest BCUT2D eigenvalue weighted by atomic mass is 10.3. The standard InChI is InChI=1S/C12H14N2OS2/c16-12-14(9-13-5-7-15-8-6-13)10-3-1-2-4-11(10)17-12/h1-4H,5-9H2. The van der Waals surface area contributed by atoms with E-state index in [9.17, 15) is 0 Å². The Morgan fingerprint density at radius 1 is 1.24 bits per heavy atom. The molecule has 3 nitrogen and oxygen atoms in total. The van der Waals surface area contributed by atoms with Gasteiger partial charge in [0.1, 0.15) is 0 Å². The van der Waals surface area contributed by atoms with E-state index in [1.807, 2.05) is 0 Å². The van der Waals surface area contributed by atoms with Gasteiger partial charge in [-0.05, 0) is 24.4 Å². The minimum absolute atomic E-state index is 0.829. The van der Waals surface area contributed by atoms with Gasteiger partial charge in [0, 0.05) is 13.1 Å². The van der Waals surface area contributed by atoms with Gasteiger partial charge in [0.2, 0.25) is 0 Å². The van der Waals surface area contributed by atoms with Crippen molar-refractivity contribution in [2.75, 3.05) is 26.3 Å². The molecule has 0 saturated carbocycles. The van der Waals surface area contributed by atoms with Gasteiger partial charge in [0.05, 0.1) is 30.1 Å². The lowest BCUT2D eigenvalue weighted by Gasteiger charge is -2.27. The molecule has 1 fully saturated rings. The van der Waals surface area contributed by atoms with Crippen molar-refractivity contribution in [3.63, 3.8) is 0 Å². The van der Waals surface area contributed by atoms with E-state index in [2.05, 4.69) is 33.7 Å². The zero-order chi connectivity index (χ0) is 11.7. The van der Waals surface area contributed by atoms with Gasteiger partial charge in [-0.15, -0.1) is 11.3 Å². The molecule has 0 radical (unpaired) electrons. The molecule has 0 spiro atoms. The summed E-state index contributed by atoms with van der Waals surface area (Å²) >= 11 is 7.13. The summed E-state index contributed by atoms with van der Waals surface area (Å²) in [6, 6.07) is 8.40. The first kappa shape index (κ1) is 11.3. The summed E-state index contributed by atoms with van der Waals surface area (Å²) in [6.07, 6.45) is 0. The minimum atomic E-state index is 0.829. The normalized spacial score (nSPS) is 17.6. The molecule has 5 heteroatoms. The second-order valence-corrected chi connectivity index (χ2v) is 5.81. The second kappa shape index (κ2) is 4.86. The molecule has 2 aromatic rings. The van der Waals surface area contributed by atoms with Gasteiger partial charge in [-0.25, -0.2) is 0 Å². The van der Waals surface area contributed by atoms with Crippen molar-refractivity contribution in [2.45, 2.75) is 6.67 Å². The van der Waals surface area contributed by atoms with Crippen LogP contribution in [0, 0.1) is 3.95 Å². The predicted molar refractivity (Wildman–Crippen MR) is 73.0 cm³/mol. The highest BCUT2D eigenvalue weighted by Crippen LogP contribution is 2.23. The van der Waals surface area contributed by atoms with Crippen LogP contribution < -0.4 is 0 Å². The van der Waals surface area contributed by atoms with Crippen LogP contribution in [-0.4, -0.2) is 35.8 Å². The van der Waals surface area contributed by atoms with Crippen LogP contribution in [0.4, 0.5) is 0 Å². The predicted octanol–water partition coefficient (Wildman–Crippen LogP) is 2.72.